The van der Waals surface area contributed by atoms with Gasteiger partial charge in [0.15, 0.2) is 0 Å². The van der Waals surface area contributed by atoms with Gasteiger partial charge < -0.3 is 42.2 Å². The lowest BCUT2D eigenvalue weighted by molar-refractivity contribution is -0.124. The molecule has 6 aliphatic carbocycles. The molecule has 6 fully saturated rings. The summed E-state index contributed by atoms with van der Waals surface area (Å²) in [5.41, 5.74) is 10.3. The highest BCUT2D eigenvalue weighted by atomic mass is 35.5. The molecule has 6 aliphatic rings. The van der Waals surface area contributed by atoms with E-state index >= 15 is 0 Å². The number of carbonyl (C=O) groups excluding carboxylic acids is 5. The number of amides is 4. The van der Waals surface area contributed by atoms with Crippen LogP contribution in [0.2, 0.25) is 0 Å². The summed E-state index contributed by atoms with van der Waals surface area (Å²) in [5, 5.41) is 11.4. The van der Waals surface area contributed by atoms with Gasteiger partial charge in [0.2, 0.25) is 17.1 Å². The van der Waals surface area contributed by atoms with Gasteiger partial charge in [-0.05, 0) is 130 Å². The van der Waals surface area contributed by atoms with Gasteiger partial charge in [-0.1, -0.05) is 0 Å². The number of ether oxygens (including phenoxy) is 2. The molecule has 48 heavy (non-hydrogen) atoms. The molecular formula is C34H59ClN6O7. The van der Waals surface area contributed by atoms with Crippen LogP contribution in [0.1, 0.15) is 119 Å². The van der Waals surface area contributed by atoms with Crippen LogP contribution < -0.4 is 32.7 Å². The van der Waals surface area contributed by atoms with E-state index in [-0.39, 0.29) is 65.2 Å². The summed E-state index contributed by atoms with van der Waals surface area (Å²) in [7, 11) is 0. The van der Waals surface area contributed by atoms with E-state index in [2.05, 4.69) is 21.3 Å². The summed E-state index contributed by atoms with van der Waals surface area (Å²) < 4.78 is 10.3. The first kappa shape index (κ1) is 39.8. The van der Waals surface area contributed by atoms with Crippen molar-refractivity contribution < 1.29 is 33.4 Å². The largest absolute Gasteiger partial charge is 0.444 e. The lowest BCUT2D eigenvalue weighted by Gasteiger charge is -2.36. The van der Waals surface area contributed by atoms with Crippen LogP contribution in [0.5, 0.6) is 0 Å². The first-order valence-corrected chi connectivity index (χ1v) is 17.9. The van der Waals surface area contributed by atoms with Crippen LogP contribution in [0, 0.1) is 17.8 Å². The van der Waals surface area contributed by atoms with Crippen LogP contribution in [0.3, 0.4) is 0 Å². The second kappa shape index (κ2) is 17.3. The molecule has 0 aromatic rings. The summed E-state index contributed by atoms with van der Waals surface area (Å²) in [6.07, 6.45) is 10.8. The summed E-state index contributed by atoms with van der Waals surface area (Å²) in [4.78, 5) is 55.3. The molecule has 0 aliphatic heterocycles. The van der Waals surface area contributed by atoms with E-state index in [0.717, 1.165) is 77.0 Å². The maximum atomic E-state index is 11.5. The SMILES string of the molecule is CC(C)(C)OC(=O)NC1CC(N)C1.CC(C)(C)OC(=O)NC1CC(NC(=O)C2CC2)C1.NC1CC(NC(=O)C2CC2)C1.O=C(Cl)C1CC1. The molecule has 0 saturated heterocycles. The van der Waals surface area contributed by atoms with E-state index in [1.807, 2.05) is 41.5 Å². The first-order valence-electron chi connectivity index (χ1n) is 17.6. The molecule has 0 heterocycles. The minimum absolute atomic E-state index is 0.129. The molecule has 0 unspecified atom stereocenters. The zero-order valence-electron chi connectivity index (χ0n) is 29.6. The van der Waals surface area contributed by atoms with E-state index in [1.54, 1.807) is 0 Å². The molecule has 6 saturated carbocycles. The van der Waals surface area contributed by atoms with Crippen LogP contribution in [0.25, 0.3) is 0 Å². The van der Waals surface area contributed by atoms with Gasteiger partial charge in [0.25, 0.3) is 0 Å². The Hall–Kier alpha value is -2.64. The number of carbonyl (C=O) groups is 5. The van der Waals surface area contributed by atoms with E-state index in [4.69, 9.17) is 32.5 Å². The van der Waals surface area contributed by atoms with Gasteiger partial charge in [0.05, 0.1) is 0 Å². The first-order chi connectivity index (χ1) is 22.3. The zero-order valence-corrected chi connectivity index (χ0v) is 30.3. The highest BCUT2D eigenvalue weighted by molar-refractivity contribution is 6.64. The Morgan fingerprint density at radius 3 is 1.06 bits per heavy atom. The van der Waals surface area contributed by atoms with E-state index in [9.17, 15) is 24.0 Å². The molecule has 274 valence electrons. The second-order valence-corrected chi connectivity index (χ2v) is 16.5. The van der Waals surface area contributed by atoms with Crippen molar-refractivity contribution in [2.75, 3.05) is 0 Å². The van der Waals surface area contributed by atoms with Gasteiger partial charge in [0, 0.05) is 54.0 Å². The van der Waals surface area contributed by atoms with Crippen molar-refractivity contribution in [1.82, 2.24) is 21.3 Å². The number of nitrogens with two attached hydrogens (primary N) is 2. The average molecular weight is 699 g/mol. The minimum atomic E-state index is -0.465. The van der Waals surface area contributed by atoms with E-state index in [0.29, 0.717) is 18.0 Å². The van der Waals surface area contributed by atoms with E-state index < -0.39 is 11.2 Å². The highest BCUT2D eigenvalue weighted by Crippen LogP contribution is 2.32. The van der Waals surface area contributed by atoms with Crippen LogP contribution >= 0.6 is 11.6 Å². The topological polar surface area (TPSA) is 204 Å². The number of nitrogens with one attached hydrogen (secondary N) is 4. The fraction of sp³-hybridized carbons (Fsp3) is 0.853. The van der Waals surface area contributed by atoms with Crippen molar-refractivity contribution in [2.24, 2.45) is 29.2 Å². The molecule has 0 atom stereocenters. The predicted molar refractivity (Wildman–Crippen MR) is 183 cm³/mol. The Labute approximate surface area is 290 Å². The van der Waals surface area contributed by atoms with Gasteiger partial charge in [0.1, 0.15) is 11.2 Å². The van der Waals surface area contributed by atoms with Crippen molar-refractivity contribution in [1.29, 1.82) is 0 Å². The fourth-order valence-corrected chi connectivity index (χ4v) is 5.22. The Kier molecular flexibility index (Phi) is 14.4. The van der Waals surface area contributed by atoms with Crippen LogP contribution in [-0.2, 0) is 23.9 Å². The maximum Gasteiger partial charge on any atom is 0.407 e. The number of hydrogen-bond acceptors (Lipinski definition) is 9. The molecule has 0 radical (unpaired) electrons. The number of alkyl carbamates (subject to hydrolysis) is 2. The maximum absolute atomic E-state index is 11.5. The molecule has 0 bridgehead atoms. The monoisotopic (exact) mass is 698 g/mol. The molecule has 4 amide bonds. The van der Waals surface area contributed by atoms with Crippen LogP contribution in [0.4, 0.5) is 9.59 Å². The summed E-state index contributed by atoms with van der Waals surface area (Å²) >= 11 is 5.04. The molecule has 13 nitrogen and oxygen atoms in total. The molecule has 0 aromatic heterocycles. The third kappa shape index (κ3) is 16.6. The Morgan fingerprint density at radius 1 is 0.521 bits per heavy atom. The van der Waals surface area contributed by atoms with Gasteiger partial charge in [-0.2, -0.15) is 0 Å². The molecule has 0 spiro atoms. The lowest BCUT2D eigenvalue weighted by atomic mass is 9.86. The molecule has 0 aromatic carbocycles. The predicted octanol–water partition coefficient (Wildman–Crippen LogP) is 3.73. The average Bonchev–Trinajstić information content (AvgIpc) is 3.72. The Balaban J connectivity index is 0.000000184. The second-order valence-electron chi connectivity index (χ2n) is 16.2. The smallest absolute Gasteiger partial charge is 0.407 e. The Bertz CT molecular complexity index is 1110. The van der Waals surface area contributed by atoms with E-state index in [1.165, 1.54) is 0 Å². The summed E-state index contributed by atoms with van der Waals surface area (Å²) in [5.74, 6) is 1.25. The minimum Gasteiger partial charge on any atom is -0.444 e. The standard InChI is InChI=1S/C13H22N2O3.C9H18N2O2.C8H14N2O.C4H5ClO/c1-13(2,3)18-12(17)15-10-6-9(7-10)14-11(16)8-4-5-8;1-9(2,3)13-8(12)11-7-4-6(10)5-7;9-6-3-7(4-6)10-8(11)5-1-2-5;5-4(6)3-1-2-3/h8-10H,4-7H2,1-3H3,(H,14,16)(H,15,17);6-7H,4-5,10H2,1-3H3,(H,11,12);5-7H,1-4,9H2,(H,10,11);3H,1-2H2. The zero-order chi connectivity index (χ0) is 35.8. The van der Waals surface area contributed by atoms with Gasteiger partial charge >= 0.3 is 12.2 Å². The fourth-order valence-electron chi connectivity index (χ4n) is 5.00. The normalized spacial score (nSPS) is 28.5. The van der Waals surface area contributed by atoms with Crippen LogP contribution in [0.15, 0.2) is 0 Å². The van der Waals surface area contributed by atoms with Crippen molar-refractivity contribution in [3.8, 4) is 0 Å². The summed E-state index contributed by atoms with van der Waals surface area (Å²) in [6, 6.07) is 1.53. The van der Waals surface area contributed by atoms with Gasteiger partial charge in [-0.25, -0.2) is 9.59 Å². The van der Waals surface area contributed by atoms with Gasteiger partial charge in [-0.15, -0.1) is 0 Å². The van der Waals surface area contributed by atoms with Gasteiger partial charge in [-0.3, -0.25) is 14.4 Å². The highest BCUT2D eigenvalue weighted by Gasteiger charge is 2.37. The third-order valence-electron chi connectivity index (χ3n) is 8.42. The van der Waals surface area contributed by atoms with Crippen molar-refractivity contribution >= 4 is 40.8 Å². The molecule has 14 heteroatoms. The molecular weight excluding hydrogens is 640 g/mol. The molecule has 8 N–H and O–H groups in total. The molecule has 6 rings (SSSR count). The van der Waals surface area contributed by atoms with Crippen molar-refractivity contribution in [3.05, 3.63) is 0 Å². The summed E-state index contributed by atoms with van der Waals surface area (Å²) in [6.45, 7) is 11.1. The van der Waals surface area contributed by atoms with Crippen molar-refractivity contribution in [3.63, 3.8) is 0 Å². The number of hydrogen-bond donors (Lipinski definition) is 6. The van der Waals surface area contributed by atoms with Crippen LogP contribution in [-0.4, -0.2) is 76.7 Å². The lowest BCUT2D eigenvalue weighted by Crippen LogP contribution is -2.54. The van der Waals surface area contributed by atoms with Crippen molar-refractivity contribution in [2.45, 2.75) is 166 Å². The Morgan fingerprint density at radius 2 is 0.812 bits per heavy atom. The third-order valence-corrected chi connectivity index (χ3v) is 8.72. The number of rotatable bonds is 7. The quantitative estimate of drug-likeness (QED) is 0.214. The number of halogens is 1.